The molecule has 2 aromatic carbocycles. The smallest absolute Gasteiger partial charge is 0.263 e. The molecule has 4 aromatic rings. The topological polar surface area (TPSA) is 132 Å². The third-order valence-corrected chi connectivity index (χ3v) is 4.95. The number of hydrogen-bond acceptors (Lipinski definition) is 8. The van der Waals surface area contributed by atoms with Crippen LogP contribution in [0.1, 0.15) is 11.1 Å². The molecular formula is C23H19ClN6O3. The van der Waals surface area contributed by atoms with Crippen molar-refractivity contribution in [2.45, 2.75) is 6.54 Å². The zero-order valence-corrected chi connectivity index (χ0v) is 18.0. The molecule has 0 fully saturated rings. The third-order valence-electron chi connectivity index (χ3n) is 4.69. The first-order valence-corrected chi connectivity index (χ1v) is 10.2. The molecule has 166 valence electrons. The Kier molecular flexibility index (Phi) is 6.51. The van der Waals surface area contributed by atoms with Crippen molar-refractivity contribution < 1.29 is 9.26 Å². The van der Waals surface area contributed by atoms with E-state index in [4.69, 9.17) is 32.0 Å². The summed E-state index contributed by atoms with van der Waals surface area (Å²) in [5, 5.41) is 15.0. The zero-order valence-electron chi connectivity index (χ0n) is 17.2. The van der Waals surface area contributed by atoms with Crippen molar-refractivity contribution in [2.24, 2.45) is 5.73 Å². The Morgan fingerprint density at radius 1 is 1.18 bits per heavy atom. The summed E-state index contributed by atoms with van der Waals surface area (Å²) in [6.07, 6.45) is 5.05. The molecular weight excluding hydrogens is 444 g/mol. The van der Waals surface area contributed by atoms with Crippen LogP contribution in [0.3, 0.4) is 0 Å². The Hall–Kier alpha value is -4.37. The van der Waals surface area contributed by atoms with E-state index in [1.54, 1.807) is 42.5 Å². The van der Waals surface area contributed by atoms with E-state index < -0.39 is 0 Å². The molecule has 2 aromatic heterocycles. The molecule has 2 heterocycles. The summed E-state index contributed by atoms with van der Waals surface area (Å²) < 4.78 is 11.8. The number of hydrogen-bond donors (Lipinski definition) is 3. The molecule has 4 N–H and O–H groups in total. The fourth-order valence-electron chi connectivity index (χ4n) is 3.03. The average molecular weight is 463 g/mol. The minimum atomic E-state index is -0.339. The van der Waals surface area contributed by atoms with Gasteiger partial charge in [-0.3, -0.25) is 9.36 Å². The van der Waals surface area contributed by atoms with Gasteiger partial charge in [0.05, 0.1) is 12.1 Å². The van der Waals surface area contributed by atoms with Crippen molar-refractivity contribution >= 4 is 35.0 Å². The fourth-order valence-corrected chi connectivity index (χ4v) is 3.16. The van der Waals surface area contributed by atoms with Crippen molar-refractivity contribution in [2.75, 3.05) is 5.32 Å². The van der Waals surface area contributed by atoms with Crippen LogP contribution in [0.15, 0.2) is 82.6 Å². The van der Waals surface area contributed by atoms with Gasteiger partial charge in [0.15, 0.2) is 0 Å². The maximum absolute atomic E-state index is 13.3. The molecule has 0 unspecified atom stereocenters. The lowest BCUT2D eigenvalue weighted by atomic mass is 10.1. The maximum Gasteiger partial charge on any atom is 0.263 e. The highest BCUT2D eigenvalue weighted by atomic mass is 35.5. The van der Waals surface area contributed by atoms with Crippen LogP contribution < -0.4 is 21.3 Å². The zero-order chi connectivity index (χ0) is 23.2. The molecule has 10 heteroatoms. The van der Waals surface area contributed by atoms with Crippen molar-refractivity contribution in [1.82, 2.24) is 14.7 Å². The minimum Gasteiger partial charge on any atom is -0.436 e. The number of nitrogens with zero attached hydrogens (tertiary/aromatic N) is 3. The summed E-state index contributed by atoms with van der Waals surface area (Å²) in [5.74, 6) is 1.24. The number of ether oxygens (including phenoxy) is 1. The van der Waals surface area contributed by atoms with E-state index in [0.29, 0.717) is 28.3 Å². The Bertz CT molecular complexity index is 1330. The lowest BCUT2D eigenvalue weighted by Crippen LogP contribution is -2.27. The molecule has 0 saturated carbocycles. The molecule has 0 bridgehead atoms. The monoisotopic (exact) mass is 462 g/mol. The van der Waals surface area contributed by atoms with Gasteiger partial charge in [0.2, 0.25) is 5.95 Å². The molecule has 0 amide bonds. The number of nitrogens with two attached hydrogens (primary N) is 1. The van der Waals surface area contributed by atoms with Gasteiger partial charge in [-0.1, -0.05) is 23.7 Å². The summed E-state index contributed by atoms with van der Waals surface area (Å²) in [6, 6.07) is 15.8. The van der Waals surface area contributed by atoms with Crippen molar-refractivity contribution in [3.8, 4) is 11.6 Å². The Labute approximate surface area is 193 Å². The maximum atomic E-state index is 13.3. The van der Waals surface area contributed by atoms with Crippen LogP contribution in [0, 0.1) is 5.41 Å². The van der Waals surface area contributed by atoms with E-state index in [9.17, 15) is 4.79 Å². The number of aromatic nitrogens is 3. The number of rotatable bonds is 8. The Morgan fingerprint density at radius 3 is 2.58 bits per heavy atom. The van der Waals surface area contributed by atoms with Crippen LogP contribution in [0.2, 0.25) is 5.02 Å². The standard InChI is InChI=1S/C23H19ClN6O3/c24-17-3-1-15(2-4-17)14-30-22(31)20(16(11-25)12-26)13-27-23(30)28-18-5-7-19(8-6-18)33-21-9-10-32-29-21/h1-13,25H,14,26H2,(H,27,28). The second-order valence-corrected chi connectivity index (χ2v) is 7.31. The van der Waals surface area contributed by atoms with Crippen LogP contribution in [-0.4, -0.2) is 20.9 Å². The first-order chi connectivity index (χ1) is 16.1. The van der Waals surface area contributed by atoms with Gasteiger partial charge in [0.1, 0.15) is 12.0 Å². The van der Waals surface area contributed by atoms with Gasteiger partial charge in [-0.2, -0.15) is 0 Å². The highest BCUT2D eigenvalue weighted by Gasteiger charge is 2.14. The van der Waals surface area contributed by atoms with Crippen LogP contribution in [0.25, 0.3) is 5.57 Å². The summed E-state index contributed by atoms with van der Waals surface area (Å²) in [7, 11) is 0. The SMILES string of the molecule is N=CC(=CN)c1cnc(Nc2ccc(Oc3ccon3)cc2)n(Cc2ccc(Cl)cc2)c1=O. The molecule has 0 aliphatic rings. The Balaban J connectivity index is 1.66. The molecule has 0 spiro atoms. The molecule has 0 saturated heterocycles. The highest BCUT2D eigenvalue weighted by molar-refractivity contribution is 6.30. The molecule has 4 rings (SSSR count). The predicted molar refractivity (Wildman–Crippen MR) is 126 cm³/mol. The van der Waals surface area contributed by atoms with Gasteiger partial charge >= 0.3 is 0 Å². The van der Waals surface area contributed by atoms with Gasteiger partial charge < -0.3 is 25.7 Å². The molecule has 9 nitrogen and oxygen atoms in total. The minimum absolute atomic E-state index is 0.225. The summed E-state index contributed by atoms with van der Waals surface area (Å²) >= 11 is 5.99. The first-order valence-electron chi connectivity index (χ1n) is 9.79. The van der Waals surface area contributed by atoms with Crippen molar-refractivity contribution in [1.29, 1.82) is 5.41 Å². The van der Waals surface area contributed by atoms with Gasteiger partial charge in [-0.25, -0.2) is 4.98 Å². The summed E-state index contributed by atoms with van der Waals surface area (Å²) in [5.41, 5.74) is 7.29. The van der Waals surface area contributed by atoms with Gasteiger partial charge in [0, 0.05) is 41.0 Å². The molecule has 33 heavy (non-hydrogen) atoms. The van der Waals surface area contributed by atoms with E-state index in [1.807, 2.05) is 12.1 Å². The fraction of sp³-hybridized carbons (Fsp3) is 0.0435. The second kappa shape index (κ2) is 9.84. The molecule has 0 aliphatic carbocycles. The average Bonchev–Trinajstić information content (AvgIpc) is 3.34. The number of nitrogens with one attached hydrogen (secondary N) is 2. The normalized spacial score (nSPS) is 11.2. The lowest BCUT2D eigenvalue weighted by molar-refractivity contribution is 0.367. The molecule has 0 atom stereocenters. The van der Waals surface area contributed by atoms with Gasteiger partial charge in [0.25, 0.3) is 11.4 Å². The quantitative estimate of drug-likeness (QED) is 0.330. The summed E-state index contributed by atoms with van der Waals surface area (Å²) in [6.45, 7) is 0.238. The van der Waals surface area contributed by atoms with Crippen LogP contribution >= 0.6 is 11.6 Å². The van der Waals surface area contributed by atoms with Gasteiger partial charge in [-0.05, 0) is 47.1 Å². The highest BCUT2D eigenvalue weighted by Crippen LogP contribution is 2.23. The van der Waals surface area contributed by atoms with Crippen LogP contribution in [-0.2, 0) is 6.54 Å². The van der Waals surface area contributed by atoms with E-state index in [-0.39, 0.29) is 23.2 Å². The van der Waals surface area contributed by atoms with Crippen molar-refractivity contribution in [3.63, 3.8) is 0 Å². The predicted octanol–water partition coefficient (Wildman–Crippen LogP) is 4.42. The van der Waals surface area contributed by atoms with Crippen LogP contribution in [0.5, 0.6) is 11.6 Å². The number of allylic oxidation sites excluding steroid dienone is 1. The first kappa shape index (κ1) is 21.8. The van der Waals surface area contributed by atoms with E-state index >= 15 is 0 Å². The largest absolute Gasteiger partial charge is 0.436 e. The number of halogens is 1. The number of anilines is 2. The Morgan fingerprint density at radius 2 is 1.94 bits per heavy atom. The lowest BCUT2D eigenvalue weighted by Gasteiger charge is -2.15. The molecule has 0 radical (unpaired) electrons. The summed E-state index contributed by atoms with van der Waals surface area (Å²) in [4.78, 5) is 17.7. The van der Waals surface area contributed by atoms with E-state index in [0.717, 1.165) is 11.8 Å². The number of benzene rings is 2. The third kappa shape index (κ3) is 5.10. The van der Waals surface area contributed by atoms with Crippen LogP contribution in [0.4, 0.5) is 11.6 Å². The molecule has 0 aliphatic heterocycles. The van der Waals surface area contributed by atoms with E-state index in [2.05, 4.69) is 15.5 Å². The van der Waals surface area contributed by atoms with Crippen molar-refractivity contribution in [3.05, 3.63) is 99.8 Å². The second-order valence-electron chi connectivity index (χ2n) is 6.87. The van der Waals surface area contributed by atoms with E-state index in [1.165, 1.54) is 23.2 Å². The van der Waals surface area contributed by atoms with Gasteiger partial charge in [-0.15, -0.1) is 0 Å².